The van der Waals surface area contributed by atoms with Gasteiger partial charge in [-0.1, -0.05) is 43.5 Å². The molecule has 3 rings (SSSR count). The Labute approximate surface area is 183 Å². The zero-order chi connectivity index (χ0) is 22.4. The number of nitrogens with one attached hydrogen (secondary N) is 2. The molecule has 0 atom stereocenters. The van der Waals surface area contributed by atoms with Crippen LogP contribution in [0.25, 0.3) is 0 Å². The second-order valence-electron chi connectivity index (χ2n) is 8.01. The summed E-state index contributed by atoms with van der Waals surface area (Å²) in [6.45, 7) is 1.46. The van der Waals surface area contributed by atoms with Crippen LogP contribution >= 0.6 is 0 Å². The van der Waals surface area contributed by atoms with Crippen molar-refractivity contribution in [1.82, 2.24) is 5.32 Å². The molecular weight excluding hydrogens is 414 g/mol. The number of carbonyl (C=O) groups excluding carboxylic acids is 2. The topological polar surface area (TPSA) is 95.6 Å². The summed E-state index contributed by atoms with van der Waals surface area (Å²) in [6, 6.07) is 13.9. The molecule has 2 aromatic rings. The molecule has 1 aliphatic carbocycles. The molecule has 1 fully saturated rings. The Hall–Kier alpha value is -2.87. The number of nitrogens with zero attached hydrogens (tertiary/aromatic N) is 1. The summed E-state index contributed by atoms with van der Waals surface area (Å²) in [4.78, 5) is 25.5. The largest absolute Gasteiger partial charge is 0.349 e. The number of benzene rings is 2. The maximum absolute atomic E-state index is 12.8. The summed E-state index contributed by atoms with van der Waals surface area (Å²) in [6.07, 6.45) is 6.37. The van der Waals surface area contributed by atoms with E-state index in [0.29, 0.717) is 16.9 Å². The fraction of sp³-hybridized carbons (Fsp3) is 0.391. The van der Waals surface area contributed by atoms with Crippen LogP contribution in [0, 0.1) is 6.92 Å². The van der Waals surface area contributed by atoms with Gasteiger partial charge < -0.3 is 10.6 Å². The van der Waals surface area contributed by atoms with Crippen molar-refractivity contribution in [3.05, 3.63) is 59.7 Å². The van der Waals surface area contributed by atoms with Crippen LogP contribution in [0.5, 0.6) is 0 Å². The van der Waals surface area contributed by atoms with Gasteiger partial charge in [0, 0.05) is 6.04 Å². The van der Waals surface area contributed by atoms with E-state index in [2.05, 4.69) is 10.6 Å². The van der Waals surface area contributed by atoms with Crippen LogP contribution in [0.3, 0.4) is 0 Å². The highest BCUT2D eigenvalue weighted by molar-refractivity contribution is 7.92. The van der Waals surface area contributed by atoms with E-state index < -0.39 is 15.9 Å². The van der Waals surface area contributed by atoms with Crippen LogP contribution in [-0.4, -0.2) is 39.1 Å². The van der Waals surface area contributed by atoms with Crippen molar-refractivity contribution < 1.29 is 18.0 Å². The number of anilines is 2. The maximum atomic E-state index is 12.8. The smallest absolute Gasteiger partial charge is 0.253 e. The van der Waals surface area contributed by atoms with Gasteiger partial charge in [0.15, 0.2) is 0 Å². The molecule has 8 heteroatoms. The number of rotatable bonds is 7. The first kappa shape index (κ1) is 22.8. The van der Waals surface area contributed by atoms with Gasteiger partial charge in [-0.2, -0.15) is 0 Å². The Morgan fingerprint density at radius 1 is 1.03 bits per heavy atom. The van der Waals surface area contributed by atoms with Gasteiger partial charge in [-0.05, 0) is 49.6 Å². The van der Waals surface area contributed by atoms with Crippen LogP contribution < -0.4 is 14.9 Å². The Morgan fingerprint density at radius 3 is 2.42 bits per heavy atom. The number of hydrogen-bond acceptors (Lipinski definition) is 4. The molecule has 0 aliphatic heterocycles. The standard InChI is InChI=1S/C23H29N3O4S/c1-17-9-8-12-19(15-17)26(31(2,29)30)16-22(27)25-21-14-7-6-13-20(21)23(28)24-18-10-4-3-5-11-18/h6-9,12-15,18H,3-5,10-11,16H2,1-2H3,(H,24,28)(H,25,27). The summed E-state index contributed by atoms with van der Waals surface area (Å²) >= 11 is 0. The molecule has 0 bridgehead atoms. The van der Waals surface area contributed by atoms with E-state index in [1.54, 1.807) is 42.5 Å². The predicted molar refractivity (Wildman–Crippen MR) is 123 cm³/mol. The van der Waals surface area contributed by atoms with E-state index in [0.717, 1.165) is 41.8 Å². The molecule has 0 spiro atoms. The number of para-hydroxylation sites is 1. The first-order chi connectivity index (χ1) is 14.7. The first-order valence-corrected chi connectivity index (χ1v) is 12.3. The third-order valence-corrected chi connectivity index (χ3v) is 6.50. The Balaban J connectivity index is 1.74. The summed E-state index contributed by atoms with van der Waals surface area (Å²) in [5, 5.41) is 5.76. The quantitative estimate of drug-likeness (QED) is 0.685. The van der Waals surface area contributed by atoms with E-state index in [-0.39, 0.29) is 18.5 Å². The Kier molecular flexibility index (Phi) is 7.33. The number of sulfonamides is 1. The average molecular weight is 444 g/mol. The molecule has 166 valence electrons. The highest BCUT2D eigenvalue weighted by Gasteiger charge is 2.23. The molecule has 1 saturated carbocycles. The van der Waals surface area contributed by atoms with Gasteiger partial charge in [-0.25, -0.2) is 8.42 Å². The van der Waals surface area contributed by atoms with Crippen molar-refractivity contribution in [2.45, 2.75) is 45.1 Å². The lowest BCUT2D eigenvalue weighted by Crippen LogP contribution is -2.38. The summed E-state index contributed by atoms with van der Waals surface area (Å²) in [5.41, 5.74) is 2.03. The van der Waals surface area contributed by atoms with Gasteiger partial charge in [-0.3, -0.25) is 13.9 Å². The molecule has 1 aliphatic rings. The van der Waals surface area contributed by atoms with E-state index in [1.165, 1.54) is 6.42 Å². The fourth-order valence-corrected chi connectivity index (χ4v) is 4.65. The van der Waals surface area contributed by atoms with Crippen LogP contribution in [0.2, 0.25) is 0 Å². The van der Waals surface area contributed by atoms with Gasteiger partial charge in [0.25, 0.3) is 5.91 Å². The molecular formula is C23H29N3O4S. The van der Waals surface area contributed by atoms with Gasteiger partial charge in [0.1, 0.15) is 6.54 Å². The van der Waals surface area contributed by atoms with E-state index >= 15 is 0 Å². The molecule has 2 aromatic carbocycles. The lowest BCUT2D eigenvalue weighted by Gasteiger charge is -2.24. The maximum Gasteiger partial charge on any atom is 0.253 e. The van der Waals surface area contributed by atoms with Crippen LogP contribution in [0.1, 0.15) is 48.0 Å². The van der Waals surface area contributed by atoms with Crippen molar-refractivity contribution in [2.24, 2.45) is 0 Å². The summed E-state index contributed by atoms with van der Waals surface area (Å²) < 4.78 is 25.7. The third-order valence-electron chi connectivity index (χ3n) is 5.36. The highest BCUT2D eigenvalue weighted by Crippen LogP contribution is 2.21. The monoisotopic (exact) mass is 443 g/mol. The fourth-order valence-electron chi connectivity index (χ4n) is 3.80. The predicted octanol–water partition coefficient (Wildman–Crippen LogP) is 3.46. The Bertz CT molecular complexity index is 1050. The average Bonchev–Trinajstić information content (AvgIpc) is 2.72. The van der Waals surface area contributed by atoms with Crippen molar-refractivity contribution in [3.8, 4) is 0 Å². The minimum atomic E-state index is -3.67. The van der Waals surface area contributed by atoms with Crippen LogP contribution in [0.15, 0.2) is 48.5 Å². The van der Waals surface area contributed by atoms with Crippen molar-refractivity contribution in [1.29, 1.82) is 0 Å². The second kappa shape index (κ2) is 9.96. The zero-order valence-corrected chi connectivity index (χ0v) is 18.7. The third kappa shape index (κ3) is 6.30. The SMILES string of the molecule is Cc1cccc(N(CC(=O)Nc2ccccc2C(=O)NC2CCCCC2)S(C)(=O)=O)c1. The molecule has 0 heterocycles. The minimum Gasteiger partial charge on any atom is -0.349 e. The van der Waals surface area contributed by atoms with Crippen molar-refractivity contribution in [2.75, 3.05) is 22.4 Å². The molecule has 0 saturated heterocycles. The zero-order valence-electron chi connectivity index (χ0n) is 17.9. The molecule has 0 unspecified atom stereocenters. The van der Waals surface area contributed by atoms with Crippen LogP contribution in [-0.2, 0) is 14.8 Å². The van der Waals surface area contributed by atoms with Gasteiger partial charge >= 0.3 is 0 Å². The van der Waals surface area contributed by atoms with E-state index in [1.807, 2.05) is 13.0 Å². The molecule has 0 radical (unpaired) electrons. The molecule has 0 aromatic heterocycles. The normalized spacial score (nSPS) is 14.6. The second-order valence-corrected chi connectivity index (χ2v) is 9.92. The van der Waals surface area contributed by atoms with Crippen LogP contribution in [0.4, 0.5) is 11.4 Å². The Morgan fingerprint density at radius 2 is 1.74 bits per heavy atom. The molecule has 7 nitrogen and oxygen atoms in total. The van der Waals surface area contributed by atoms with E-state index in [4.69, 9.17) is 0 Å². The van der Waals surface area contributed by atoms with Crippen molar-refractivity contribution in [3.63, 3.8) is 0 Å². The number of aryl methyl sites for hydroxylation is 1. The molecule has 2 N–H and O–H groups in total. The molecule has 2 amide bonds. The van der Waals surface area contributed by atoms with Crippen molar-refractivity contribution >= 4 is 33.2 Å². The minimum absolute atomic E-state index is 0.145. The molecule has 31 heavy (non-hydrogen) atoms. The van der Waals surface area contributed by atoms with Gasteiger partial charge in [-0.15, -0.1) is 0 Å². The lowest BCUT2D eigenvalue weighted by atomic mass is 9.95. The summed E-state index contributed by atoms with van der Waals surface area (Å²) in [5.74, 6) is -0.758. The highest BCUT2D eigenvalue weighted by atomic mass is 32.2. The summed E-state index contributed by atoms with van der Waals surface area (Å²) in [7, 11) is -3.67. The van der Waals surface area contributed by atoms with E-state index in [9.17, 15) is 18.0 Å². The number of amides is 2. The van der Waals surface area contributed by atoms with Gasteiger partial charge in [0.2, 0.25) is 15.9 Å². The first-order valence-electron chi connectivity index (χ1n) is 10.5. The number of hydrogen-bond donors (Lipinski definition) is 2. The number of carbonyl (C=O) groups is 2. The van der Waals surface area contributed by atoms with Gasteiger partial charge in [0.05, 0.1) is 23.2 Å². The lowest BCUT2D eigenvalue weighted by molar-refractivity contribution is -0.114.